The van der Waals surface area contributed by atoms with Crippen molar-refractivity contribution in [2.75, 3.05) is 4.90 Å². The molecule has 11 rings (SSSR count). The van der Waals surface area contributed by atoms with Crippen molar-refractivity contribution in [3.05, 3.63) is 193 Å². The average Bonchev–Trinajstić information content (AvgIpc) is 3.83. The molecule has 0 unspecified atom stereocenters. The van der Waals surface area contributed by atoms with Crippen molar-refractivity contribution in [2.24, 2.45) is 0 Å². The third-order valence-electron chi connectivity index (χ3n) is 11.6. The summed E-state index contributed by atoms with van der Waals surface area (Å²) in [5.41, 5.74) is 16.2. The van der Waals surface area contributed by atoms with Crippen molar-refractivity contribution < 1.29 is 4.42 Å². The fourth-order valence-corrected chi connectivity index (χ4v) is 9.02. The van der Waals surface area contributed by atoms with Crippen molar-refractivity contribution in [3.63, 3.8) is 0 Å². The maximum atomic E-state index is 6.25. The first kappa shape index (κ1) is 30.8. The summed E-state index contributed by atoms with van der Waals surface area (Å²) < 4.78 is 8.66. The second-order valence-electron chi connectivity index (χ2n) is 15.0. The van der Waals surface area contributed by atoms with E-state index in [0.717, 1.165) is 50.2 Å². The van der Waals surface area contributed by atoms with E-state index >= 15 is 0 Å². The van der Waals surface area contributed by atoms with Crippen molar-refractivity contribution in [1.82, 2.24) is 4.57 Å². The van der Waals surface area contributed by atoms with Gasteiger partial charge in [-0.25, -0.2) is 0 Å². The summed E-state index contributed by atoms with van der Waals surface area (Å²) in [6, 6.07) is 66.1. The van der Waals surface area contributed by atoms with Crippen LogP contribution in [0.3, 0.4) is 0 Å². The Balaban J connectivity index is 1.17. The van der Waals surface area contributed by atoms with E-state index in [9.17, 15) is 0 Å². The Morgan fingerprint density at radius 1 is 0.444 bits per heavy atom. The lowest BCUT2D eigenvalue weighted by molar-refractivity contribution is 0.660. The normalized spacial score (nSPS) is 13.1. The van der Waals surface area contributed by atoms with Crippen molar-refractivity contribution >= 4 is 60.8 Å². The van der Waals surface area contributed by atoms with Crippen LogP contribution in [-0.2, 0) is 5.41 Å². The van der Waals surface area contributed by atoms with Crippen LogP contribution in [0.4, 0.5) is 17.1 Å². The third kappa shape index (κ3) is 4.48. The van der Waals surface area contributed by atoms with E-state index in [4.69, 9.17) is 4.42 Å². The molecule has 10 aromatic rings. The number of rotatable bonds is 5. The Kier molecular flexibility index (Phi) is 6.60. The molecule has 3 nitrogen and oxygen atoms in total. The van der Waals surface area contributed by atoms with Gasteiger partial charge in [-0.3, -0.25) is 0 Å². The van der Waals surface area contributed by atoms with Gasteiger partial charge in [-0.1, -0.05) is 135 Å². The Morgan fingerprint density at radius 2 is 1.09 bits per heavy atom. The molecule has 256 valence electrons. The van der Waals surface area contributed by atoms with Crippen LogP contribution >= 0.6 is 0 Å². The highest BCUT2D eigenvalue weighted by atomic mass is 16.3. The smallest absolute Gasteiger partial charge is 0.135 e. The summed E-state index contributed by atoms with van der Waals surface area (Å²) in [6.45, 7) is 4.71. The second kappa shape index (κ2) is 11.6. The van der Waals surface area contributed by atoms with Crippen LogP contribution in [0.15, 0.2) is 186 Å². The van der Waals surface area contributed by atoms with E-state index in [1.165, 1.54) is 49.7 Å². The first-order valence-electron chi connectivity index (χ1n) is 18.7. The molecule has 0 saturated carbocycles. The quantitative estimate of drug-likeness (QED) is 0.179. The Hall–Kier alpha value is -6.84. The molecule has 0 N–H and O–H groups in total. The summed E-state index contributed by atoms with van der Waals surface area (Å²) >= 11 is 0. The lowest BCUT2D eigenvalue weighted by atomic mass is 9.82. The molecule has 0 aliphatic heterocycles. The molecule has 54 heavy (non-hydrogen) atoms. The topological polar surface area (TPSA) is 21.3 Å². The molecule has 2 heterocycles. The average molecular weight is 693 g/mol. The fraction of sp³-hybridized carbons (Fsp3) is 0.0588. The summed E-state index contributed by atoms with van der Waals surface area (Å²) in [7, 11) is 0. The molecule has 0 atom stereocenters. The number of hydrogen-bond acceptors (Lipinski definition) is 2. The van der Waals surface area contributed by atoms with Crippen molar-refractivity contribution in [1.29, 1.82) is 0 Å². The van der Waals surface area contributed by atoms with E-state index in [2.05, 4.69) is 193 Å². The summed E-state index contributed by atoms with van der Waals surface area (Å²) in [6.07, 6.45) is 0. The molecule has 0 spiro atoms. The zero-order valence-corrected chi connectivity index (χ0v) is 30.1. The van der Waals surface area contributed by atoms with Crippen LogP contribution in [0.2, 0.25) is 0 Å². The minimum Gasteiger partial charge on any atom is -0.456 e. The van der Waals surface area contributed by atoms with E-state index in [0.29, 0.717) is 0 Å². The largest absolute Gasteiger partial charge is 0.456 e. The van der Waals surface area contributed by atoms with Gasteiger partial charge in [0.25, 0.3) is 0 Å². The first-order valence-corrected chi connectivity index (χ1v) is 18.7. The number of hydrogen-bond donors (Lipinski definition) is 0. The molecule has 3 heteroatoms. The number of furan rings is 1. The summed E-state index contributed by atoms with van der Waals surface area (Å²) in [4.78, 5) is 2.45. The van der Waals surface area contributed by atoms with Crippen LogP contribution in [0.5, 0.6) is 0 Å². The lowest BCUT2D eigenvalue weighted by Crippen LogP contribution is -2.17. The number of fused-ring (bicyclic) bond motifs is 9. The zero-order chi connectivity index (χ0) is 36.0. The second-order valence-corrected chi connectivity index (χ2v) is 15.0. The molecular weight excluding hydrogens is 657 g/mol. The van der Waals surface area contributed by atoms with Gasteiger partial charge >= 0.3 is 0 Å². The van der Waals surface area contributed by atoms with Crippen LogP contribution in [0, 0.1) is 0 Å². The predicted molar refractivity (Wildman–Crippen MR) is 226 cm³/mol. The number of nitrogens with zero attached hydrogens (tertiary/aromatic N) is 2. The third-order valence-corrected chi connectivity index (χ3v) is 11.6. The minimum absolute atomic E-state index is 0.126. The van der Waals surface area contributed by atoms with Gasteiger partial charge in [0.05, 0.1) is 16.7 Å². The van der Waals surface area contributed by atoms with Crippen LogP contribution < -0.4 is 4.90 Å². The van der Waals surface area contributed by atoms with Gasteiger partial charge in [-0.15, -0.1) is 0 Å². The fourth-order valence-electron chi connectivity index (χ4n) is 9.02. The molecule has 0 fully saturated rings. The summed E-state index contributed by atoms with van der Waals surface area (Å²) in [5, 5.41) is 4.68. The van der Waals surface area contributed by atoms with E-state index in [1.807, 2.05) is 12.1 Å². The zero-order valence-electron chi connectivity index (χ0n) is 30.1. The van der Waals surface area contributed by atoms with Crippen molar-refractivity contribution in [3.8, 4) is 27.9 Å². The van der Waals surface area contributed by atoms with Gasteiger partial charge in [-0.05, 0) is 88.5 Å². The number of benzene rings is 8. The number of aromatic nitrogens is 1. The number of para-hydroxylation sites is 3. The van der Waals surface area contributed by atoms with Crippen LogP contribution in [0.1, 0.15) is 25.0 Å². The highest BCUT2D eigenvalue weighted by molar-refractivity contribution is 6.11. The Morgan fingerprint density at radius 3 is 1.98 bits per heavy atom. The van der Waals surface area contributed by atoms with E-state index in [1.54, 1.807) is 0 Å². The maximum absolute atomic E-state index is 6.25. The van der Waals surface area contributed by atoms with Crippen LogP contribution in [-0.4, -0.2) is 4.57 Å². The standard InChI is InChI=1S/C51H36N2O/c1-51(2)44-20-10-6-17-38(44)39-27-24-35(31-45(39)51)52(46-21-11-7-16-37(46)33-14-4-3-5-15-33)36-25-28-41-40-18-8-12-22-47(40)53(48(41)32-36)34-26-29-50-43(30-34)42-19-9-13-23-49(42)54-50/h3-32H,1-2H3. The maximum Gasteiger partial charge on any atom is 0.135 e. The molecule has 0 amide bonds. The molecule has 0 saturated heterocycles. The molecule has 0 bridgehead atoms. The van der Waals surface area contributed by atoms with Crippen molar-refractivity contribution in [2.45, 2.75) is 19.3 Å². The molecule has 1 aliphatic carbocycles. The van der Waals surface area contributed by atoms with E-state index in [-0.39, 0.29) is 5.41 Å². The molecule has 8 aromatic carbocycles. The van der Waals surface area contributed by atoms with Crippen LogP contribution in [0.25, 0.3) is 71.7 Å². The predicted octanol–water partition coefficient (Wildman–Crippen LogP) is 14.1. The monoisotopic (exact) mass is 692 g/mol. The van der Waals surface area contributed by atoms with Gasteiger partial charge in [0, 0.05) is 49.6 Å². The van der Waals surface area contributed by atoms with Gasteiger partial charge in [-0.2, -0.15) is 0 Å². The highest BCUT2D eigenvalue weighted by Gasteiger charge is 2.36. The number of anilines is 3. The molecule has 1 aliphatic rings. The van der Waals surface area contributed by atoms with Gasteiger partial charge in [0.2, 0.25) is 0 Å². The molecule has 2 aromatic heterocycles. The summed E-state index contributed by atoms with van der Waals surface area (Å²) in [5.74, 6) is 0. The molecular formula is C51H36N2O. The molecule has 0 radical (unpaired) electrons. The highest BCUT2D eigenvalue weighted by Crippen LogP contribution is 2.51. The van der Waals surface area contributed by atoms with Gasteiger partial charge in [0.1, 0.15) is 11.2 Å². The van der Waals surface area contributed by atoms with Gasteiger partial charge < -0.3 is 13.9 Å². The SMILES string of the molecule is CC1(C)c2ccccc2-c2ccc(N(c3ccc4c5ccccc5n(-c5ccc6oc7ccccc7c6c5)c4c3)c3ccccc3-c3ccccc3)cc21. The minimum atomic E-state index is -0.126. The van der Waals surface area contributed by atoms with E-state index < -0.39 is 0 Å². The lowest BCUT2D eigenvalue weighted by Gasteiger charge is -2.30. The first-order chi connectivity index (χ1) is 26.5. The van der Waals surface area contributed by atoms with Gasteiger partial charge in [0.15, 0.2) is 0 Å². The Bertz CT molecular complexity index is 3090. The Labute approximate surface area is 314 Å².